The summed E-state index contributed by atoms with van der Waals surface area (Å²) in [7, 11) is 0. The molecule has 1 aromatic heterocycles. The van der Waals surface area contributed by atoms with Crippen LogP contribution < -0.4 is 5.73 Å². The van der Waals surface area contributed by atoms with Crippen LogP contribution in [0.1, 0.15) is 16.8 Å². The van der Waals surface area contributed by atoms with Gasteiger partial charge in [0.15, 0.2) is 0 Å². The van der Waals surface area contributed by atoms with E-state index < -0.39 is 0 Å². The van der Waals surface area contributed by atoms with Gasteiger partial charge in [0.25, 0.3) is 5.24 Å². The fourth-order valence-corrected chi connectivity index (χ4v) is 2.36. The van der Waals surface area contributed by atoms with Crippen LogP contribution >= 0.6 is 11.8 Å². The van der Waals surface area contributed by atoms with E-state index in [1.54, 1.807) is 6.20 Å². The quantitative estimate of drug-likeness (QED) is 0.861. The van der Waals surface area contributed by atoms with E-state index in [1.165, 1.54) is 4.90 Å². The third-order valence-corrected chi connectivity index (χ3v) is 3.68. The normalized spacial score (nSPS) is 15.8. The molecule has 0 saturated carbocycles. The Morgan fingerprint density at radius 2 is 2.18 bits per heavy atom. The topological polar surface area (TPSA) is 76.3 Å². The Labute approximate surface area is 103 Å². The average molecular weight is 251 g/mol. The largest absolute Gasteiger partial charge is 0.398 e. The summed E-state index contributed by atoms with van der Waals surface area (Å²) in [5, 5.41) is -0.213. The smallest absolute Gasteiger partial charge is 0.289 e. The summed E-state index contributed by atoms with van der Waals surface area (Å²) in [6.07, 6.45) is 1.66. The lowest BCUT2D eigenvalue weighted by atomic mass is 10.1. The molecule has 0 aromatic carbocycles. The highest BCUT2D eigenvalue weighted by molar-refractivity contribution is 8.14. The standard InChI is InChI=1S/C11H13N3O2S/c1-6-3-13-8(7(2)10(6)12)4-14-9(15)5-17-11(14)16/h3H,4-5H2,1-2H3,(H2,12,13). The minimum Gasteiger partial charge on any atom is -0.398 e. The van der Waals surface area contributed by atoms with Gasteiger partial charge in [-0.3, -0.25) is 19.5 Å². The van der Waals surface area contributed by atoms with Crippen molar-refractivity contribution in [3.8, 4) is 0 Å². The lowest BCUT2D eigenvalue weighted by Gasteiger charge is -2.15. The van der Waals surface area contributed by atoms with Crippen LogP contribution in [0.2, 0.25) is 0 Å². The predicted octanol–water partition coefficient (Wildman–Crippen LogP) is 1.48. The third-order valence-electron chi connectivity index (χ3n) is 2.82. The number of hydrogen-bond acceptors (Lipinski definition) is 5. The number of rotatable bonds is 2. The number of carbonyl (C=O) groups excluding carboxylic acids is 2. The minimum absolute atomic E-state index is 0.166. The first-order valence-electron chi connectivity index (χ1n) is 5.18. The second-order valence-electron chi connectivity index (χ2n) is 3.96. The molecule has 0 bridgehead atoms. The molecule has 2 N–H and O–H groups in total. The molecule has 0 aliphatic carbocycles. The van der Waals surface area contributed by atoms with Crippen molar-refractivity contribution in [3.63, 3.8) is 0 Å². The SMILES string of the molecule is Cc1cnc(CN2C(=O)CSC2=O)c(C)c1N. The Morgan fingerprint density at radius 3 is 2.76 bits per heavy atom. The first-order chi connectivity index (χ1) is 8.00. The molecule has 1 aliphatic rings. The zero-order valence-electron chi connectivity index (χ0n) is 9.69. The number of nitrogens with two attached hydrogens (primary N) is 1. The van der Waals surface area contributed by atoms with E-state index in [4.69, 9.17) is 5.73 Å². The maximum Gasteiger partial charge on any atom is 0.289 e. The van der Waals surface area contributed by atoms with Gasteiger partial charge in [-0.15, -0.1) is 0 Å². The van der Waals surface area contributed by atoms with Crippen LogP contribution in [0.25, 0.3) is 0 Å². The van der Waals surface area contributed by atoms with Gasteiger partial charge >= 0.3 is 0 Å². The number of imide groups is 1. The molecular weight excluding hydrogens is 238 g/mol. The highest BCUT2D eigenvalue weighted by Gasteiger charge is 2.30. The van der Waals surface area contributed by atoms with Crippen LogP contribution in [0.3, 0.4) is 0 Å². The van der Waals surface area contributed by atoms with Crippen molar-refractivity contribution in [3.05, 3.63) is 23.0 Å². The fraction of sp³-hybridized carbons (Fsp3) is 0.364. The highest BCUT2D eigenvalue weighted by atomic mass is 32.2. The predicted molar refractivity (Wildman–Crippen MR) is 66.5 cm³/mol. The number of thioether (sulfide) groups is 1. The monoisotopic (exact) mass is 251 g/mol. The molecule has 0 radical (unpaired) electrons. The Balaban J connectivity index is 2.28. The summed E-state index contributed by atoms with van der Waals surface area (Å²) in [5.41, 5.74) is 8.98. The fourth-order valence-electron chi connectivity index (χ4n) is 1.64. The Bertz CT molecular complexity index is 486. The molecule has 5 nitrogen and oxygen atoms in total. The summed E-state index contributed by atoms with van der Waals surface area (Å²) in [5.74, 6) is 0.0551. The number of anilines is 1. The zero-order chi connectivity index (χ0) is 12.6. The van der Waals surface area contributed by atoms with Crippen LogP contribution in [0.5, 0.6) is 0 Å². The maximum absolute atomic E-state index is 11.5. The van der Waals surface area contributed by atoms with Crippen molar-refractivity contribution in [2.75, 3.05) is 11.5 Å². The van der Waals surface area contributed by atoms with Crippen molar-refractivity contribution >= 4 is 28.6 Å². The molecule has 2 rings (SSSR count). The minimum atomic E-state index is -0.213. The molecule has 1 fully saturated rings. The molecule has 0 spiro atoms. The summed E-state index contributed by atoms with van der Waals surface area (Å²) in [4.78, 5) is 28.4. The molecule has 17 heavy (non-hydrogen) atoms. The second kappa shape index (κ2) is 4.37. The first kappa shape index (κ1) is 11.9. The van der Waals surface area contributed by atoms with Crippen LogP contribution in [0.15, 0.2) is 6.20 Å². The third kappa shape index (κ3) is 2.12. The van der Waals surface area contributed by atoms with Crippen LogP contribution in [0, 0.1) is 13.8 Å². The summed E-state index contributed by atoms with van der Waals surface area (Å²) in [6, 6.07) is 0. The van der Waals surface area contributed by atoms with Crippen molar-refractivity contribution < 1.29 is 9.59 Å². The second-order valence-corrected chi connectivity index (χ2v) is 4.89. The Hall–Kier alpha value is -1.56. The van der Waals surface area contributed by atoms with Crippen molar-refractivity contribution in [2.24, 2.45) is 0 Å². The molecule has 90 valence electrons. The summed E-state index contributed by atoms with van der Waals surface area (Å²) >= 11 is 1.02. The molecular formula is C11H13N3O2S. The van der Waals surface area contributed by atoms with Gasteiger partial charge in [0.05, 0.1) is 18.0 Å². The Morgan fingerprint density at radius 1 is 1.47 bits per heavy atom. The molecule has 2 amide bonds. The number of aromatic nitrogens is 1. The van der Waals surface area contributed by atoms with Gasteiger partial charge in [-0.1, -0.05) is 11.8 Å². The van der Waals surface area contributed by atoms with Gasteiger partial charge < -0.3 is 5.73 Å². The van der Waals surface area contributed by atoms with Gasteiger partial charge in [0.2, 0.25) is 5.91 Å². The molecule has 0 atom stereocenters. The van der Waals surface area contributed by atoms with Crippen LogP contribution in [-0.4, -0.2) is 26.8 Å². The van der Waals surface area contributed by atoms with E-state index >= 15 is 0 Å². The van der Waals surface area contributed by atoms with E-state index in [1.807, 2.05) is 13.8 Å². The van der Waals surface area contributed by atoms with Gasteiger partial charge in [-0.25, -0.2) is 0 Å². The first-order valence-corrected chi connectivity index (χ1v) is 6.17. The number of carbonyl (C=O) groups is 2. The van der Waals surface area contributed by atoms with E-state index in [0.29, 0.717) is 11.4 Å². The van der Waals surface area contributed by atoms with Crippen LogP contribution in [0.4, 0.5) is 10.5 Å². The number of pyridine rings is 1. The molecule has 1 aromatic rings. The van der Waals surface area contributed by atoms with Gasteiger partial charge in [-0.05, 0) is 25.0 Å². The number of nitrogen functional groups attached to an aromatic ring is 1. The van der Waals surface area contributed by atoms with Gasteiger partial charge in [0.1, 0.15) is 0 Å². The Kier molecular flexibility index (Phi) is 3.06. The number of nitrogens with zero attached hydrogens (tertiary/aromatic N) is 2. The lowest BCUT2D eigenvalue weighted by Crippen LogP contribution is -2.28. The van der Waals surface area contributed by atoms with Gasteiger partial charge in [-0.2, -0.15) is 0 Å². The lowest BCUT2D eigenvalue weighted by molar-refractivity contribution is -0.125. The maximum atomic E-state index is 11.5. The van der Waals surface area contributed by atoms with Crippen molar-refractivity contribution in [2.45, 2.75) is 20.4 Å². The molecule has 1 saturated heterocycles. The van der Waals surface area contributed by atoms with E-state index in [0.717, 1.165) is 22.9 Å². The average Bonchev–Trinajstić information content (AvgIpc) is 2.61. The summed E-state index contributed by atoms with van der Waals surface area (Å²) in [6.45, 7) is 3.94. The molecule has 2 heterocycles. The van der Waals surface area contributed by atoms with E-state index in [-0.39, 0.29) is 23.4 Å². The molecule has 0 unspecified atom stereocenters. The molecule has 6 heteroatoms. The number of aryl methyl sites for hydroxylation is 1. The number of hydrogen-bond donors (Lipinski definition) is 1. The van der Waals surface area contributed by atoms with E-state index in [9.17, 15) is 9.59 Å². The van der Waals surface area contributed by atoms with E-state index in [2.05, 4.69) is 4.98 Å². The zero-order valence-corrected chi connectivity index (χ0v) is 10.5. The van der Waals surface area contributed by atoms with Crippen molar-refractivity contribution in [1.82, 2.24) is 9.88 Å². The van der Waals surface area contributed by atoms with Crippen molar-refractivity contribution in [1.29, 1.82) is 0 Å². The summed E-state index contributed by atoms with van der Waals surface area (Å²) < 4.78 is 0. The molecule has 1 aliphatic heterocycles. The number of amides is 2. The highest BCUT2D eigenvalue weighted by Crippen LogP contribution is 2.24. The van der Waals surface area contributed by atoms with Gasteiger partial charge in [0, 0.05) is 11.9 Å². The van der Waals surface area contributed by atoms with Crippen LogP contribution in [-0.2, 0) is 11.3 Å².